The Morgan fingerprint density at radius 2 is 2.30 bits per heavy atom. The summed E-state index contributed by atoms with van der Waals surface area (Å²) in [5.41, 5.74) is 0.293. The van der Waals surface area contributed by atoms with Crippen molar-refractivity contribution >= 4 is 33.5 Å². The highest BCUT2D eigenvalue weighted by molar-refractivity contribution is 6.68. The van der Waals surface area contributed by atoms with E-state index in [1.54, 1.807) is 24.4 Å². The van der Waals surface area contributed by atoms with Crippen LogP contribution in [0.2, 0.25) is 0 Å². The molecule has 1 saturated heterocycles. The molecule has 1 N–H and O–H groups in total. The number of hydrogen-bond acceptors (Lipinski definition) is 5. The third-order valence-corrected chi connectivity index (χ3v) is 3.97. The van der Waals surface area contributed by atoms with Crippen molar-refractivity contribution in [3.8, 4) is 11.6 Å². The van der Waals surface area contributed by atoms with Gasteiger partial charge in [-0.2, -0.15) is 0 Å². The third-order valence-electron chi connectivity index (χ3n) is 3.77. The normalized spacial score (nSPS) is 17.1. The van der Waals surface area contributed by atoms with Crippen molar-refractivity contribution < 1.29 is 19.1 Å². The molecule has 1 aliphatic rings. The van der Waals surface area contributed by atoms with Crippen LogP contribution in [0.5, 0.6) is 11.6 Å². The van der Waals surface area contributed by atoms with Crippen LogP contribution in [0.15, 0.2) is 24.4 Å². The number of rotatable bonds is 5. The van der Waals surface area contributed by atoms with Gasteiger partial charge >= 0.3 is 0 Å². The second-order valence-corrected chi connectivity index (χ2v) is 5.62. The van der Waals surface area contributed by atoms with E-state index in [4.69, 9.17) is 21.1 Å². The lowest BCUT2D eigenvalue weighted by molar-refractivity contribution is -0.119. The molecule has 1 unspecified atom stereocenters. The van der Waals surface area contributed by atoms with Gasteiger partial charge in [0.25, 0.3) is 5.24 Å². The van der Waals surface area contributed by atoms with Gasteiger partial charge in [0, 0.05) is 18.0 Å². The summed E-state index contributed by atoms with van der Waals surface area (Å²) in [6.07, 6.45) is 2.86. The van der Waals surface area contributed by atoms with Crippen molar-refractivity contribution in [1.29, 1.82) is 0 Å². The maximum Gasteiger partial charge on any atom is 0.256 e. The highest BCUT2D eigenvalue weighted by Gasteiger charge is 2.22. The minimum atomic E-state index is -0.586. The predicted molar refractivity (Wildman–Crippen MR) is 85.1 cm³/mol. The molecule has 0 radical (unpaired) electrons. The van der Waals surface area contributed by atoms with E-state index in [0.717, 1.165) is 17.2 Å². The Labute approximate surface area is 137 Å². The molecule has 2 aromatic rings. The average Bonchev–Trinajstić information content (AvgIpc) is 2.96. The fourth-order valence-corrected chi connectivity index (χ4v) is 2.74. The van der Waals surface area contributed by atoms with Gasteiger partial charge in [0.1, 0.15) is 12.4 Å². The molecule has 1 atom stereocenters. The van der Waals surface area contributed by atoms with E-state index in [-0.39, 0.29) is 11.9 Å². The van der Waals surface area contributed by atoms with Crippen molar-refractivity contribution in [3.05, 3.63) is 30.0 Å². The SMILES string of the molecule is COc1cc2c(OCC3CCC(=O)N3)nccc2cc1C(=O)Cl. The molecule has 3 rings (SSSR count). The number of pyridine rings is 1. The Kier molecular flexibility index (Phi) is 4.34. The molecule has 1 aliphatic heterocycles. The molecule has 7 heteroatoms. The maximum atomic E-state index is 11.5. The van der Waals surface area contributed by atoms with Gasteiger partial charge in [-0.15, -0.1) is 0 Å². The Bertz CT molecular complexity index is 778. The largest absolute Gasteiger partial charge is 0.496 e. The van der Waals surface area contributed by atoms with Crippen molar-refractivity contribution in [2.45, 2.75) is 18.9 Å². The van der Waals surface area contributed by atoms with Crippen LogP contribution >= 0.6 is 11.6 Å². The molecule has 6 nitrogen and oxygen atoms in total. The molecule has 0 saturated carbocycles. The monoisotopic (exact) mass is 334 g/mol. The van der Waals surface area contributed by atoms with Gasteiger partial charge in [-0.1, -0.05) is 0 Å². The molecule has 1 aromatic carbocycles. The van der Waals surface area contributed by atoms with Crippen LogP contribution in [-0.4, -0.2) is 35.9 Å². The number of aromatic nitrogens is 1. The van der Waals surface area contributed by atoms with Gasteiger partial charge in [-0.3, -0.25) is 9.59 Å². The molecule has 1 amide bonds. The molecule has 1 aromatic heterocycles. The first-order valence-electron chi connectivity index (χ1n) is 7.17. The van der Waals surface area contributed by atoms with E-state index < -0.39 is 5.24 Å². The van der Waals surface area contributed by atoms with Gasteiger partial charge in [0.15, 0.2) is 0 Å². The van der Waals surface area contributed by atoms with Crippen LogP contribution in [0.25, 0.3) is 10.8 Å². The van der Waals surface area contributed by atoms with Gasteiger partial charge in [0.05, 0.1) is 18.7 Å². The van der Waals surface area contributed by atoms with Gasteiger partial charge in [-0.05, 0) is 41.6 Å². The Hall–Kier alpha value is -2.34. The van der Waals surface area contributed by atoms with Crippen molar-refractivity contribution in [2.24, 2.45) is 0 Å². The van der Waals surface area contributed by atoms with Crippen LogP contribution in [0.3, 0.4) is 0 Å². The number of methoxy groups -OCH3 is 1. The lowest BCUT2D eigenvalue weighted by Gasteiger charge is -2.14. The minimum Gasteiger partial charge on any atom is -0.496 e. The van der Waals surface area contributed by atoms with Crippen molar-refractivity contribution in [1.82, 2.24) is 10.3 Å². The number of amides is 1. The summed E-state index contributed by atoms with van der Waals surface area (Å²) in [5.74, 6) is 0.830. The van der Waals surface area contributed by atoms with Crippen LogP contribution in [0.1, 0.15) is 23.2 Å². The van der Waals surface area contributed by atoms with E-state index in [9.17, 15) is 9.59 Å². The first kappa shape index (κ1) is 15.6. The van der Waals surface area contributed by atoms with E-state index in [2.05, 4.69) is 10.3 Å². The first-order valence-corrected chi connectivity index (χ1v) is 7.55. The highest BCUT2D eigenvalue weighted by Crippen LogP contribution is 2.31. The number of hydrogen-bond donors (Lipinski definition) is 1. The number of ether oxygens (including phenoxy) is 2. The van der Waals surface area contributed by atoms with Crippen LogP contribution in [0.4, 0.5) is 0 Å². The van der Waals surface area contributed by atoms with Crippen LogP contribution in [0, 0.1) is 0 Å². The van der Waals surface area contributed by atoms with Crippen molar-refractivity contribution in [3.63, 3.8) is 0 Å². The summed E-state index contributed by atoms with van der Waals surface area (Å²) in [6, 6.07) is 5.09. The maximum absolute atomic E-state index is 11.5. The number of fused-ring (bicyclic) bond motifs is 1. The van der Waals surface area contributed by atoms with Gasteiger partial charge in [0.2, 0.25) is 11.8 Å². The zero-order chi connectivity index (χ0) is 16.4. The topological polar surface area (TPSA) is 77.5 Å². The zero-order valence-electron chi connectivity index (χ0n) is 12.5. The number of halogens is 1. The van der Waals surface area contributed by atoms with E-state index in [1.807, 2.05) is 0 Å². The molecule has 0 bridgehead atoms. The number of carbonyl (C=O) groups is 2. The smallest absolute Gasteiger partial charge is 0.256 e. The summed E-state index contributed by atoms with van der Waals surface area (Å²) < 4.78 is 11.0. The highest BCUT2D eigenvalue weighted by atomic mass is 35.5. The van der Waals surface area contributed by atoms with Gasteiger partial charge in [-0.25, -0.2) is 4.98 Å². The molecule has 23 heavy (non-hydrogen) atoms. The third kappa shape index (κ3) is 3.22. The molecular weight excluding hydrogens is 320 g/mol. The number of carbonyl (C=O) groups excluding carboxylic acids is 2. The Balaban J connectivity index is 1.91. The first-order chi connectivity index (χ1) is 11.1. The summed E-state index contributed by atoms with van der Waals surface area (Å²) >= 11 is 5.58. The lowest BCUT2D eigenvalue weighted by Crippen LogP contribution is -2.31. The second-order valence-electron chi connectivity index (χ2n) is 5.28. The molecule has 0 aliphatic carbocycles. The standard InChI is InChI=1S/C16H15ClN2O4/c1-22-13-7-11-9(6-12(13)15(17)21)4-5-18-16(11)23-8-10-2-3-14(20)19-10/h4-7,10H,2-3,8H2,1H3,(H,19,20). The number of nitrogens with one attached hydrogen (secondary N) is 1. The predicted octanol–water partition coefficient (Wildman–Crippen LogP) is 2.28. The molecule has 120 valence electrons. The number of nitrogens with zero attached hydrogens (tertiary/aromatic N) is 1. The summed E-state index contributed by atoms with van der Waals surface area (Å²) in [4.78, 5) is 26.9. The summed E-state index contributed by atoms with van der Waals surface area (Å²) in [5, 5.41) is 3.75. The van der Waals surface area contributed by atoms with Crippen molar-refractivity contribution in [2.75, 3.05) is 13.7 Å². The average molecular weight is 335 g/mol. The minimum absolute atomic E-state index is 0.00913. The fraction of sp³-hybridized carbons (Fsp3) is 0.312. The fourth-order valence-electron chi connectivity index (χ4n) is 2.59. The molecule has 2 heterocycles. The quantitative estimate of drug-likeness (QED) is 0.849. The Morgan fingerprint density at radius 3 is 2.96 bits per heavy atom. The van der Waals surface area contributed by atoms with E-state index in [0.29, 0.717) is 30.2 Å². The van der Waals surface area contributed by atoms with E-state index in [1.165, 1.54) is 7.11 Å². The summed E-state index contributed by atoms with van der Waals surface area (Å²) in [6.45, 7) is 0.344. The Morgan fingerprint density at radius 1 is 1.48 bits per heavy atom. The van der Waals surface area contributed by atoms with Crippen LogP contribution in [-0.2, 0) is 4.79 Å². The summed E-state index contributed by atoms with van der Waals surface area (Å²) in [7, 11) is 1.47. The molecule has 0 spiro atoms. The molecular formula is C16H15ClN2O4. The van der Waals surface area contributed by atoms with Gasteiger partial charge < -0.3 is 14.8 Å². The molecule has 1 fully saturated rings. The van der Waals surface area contributed by atoms with Crippen LogP contribution < -0.4 is 14.8 Å². The van der Waals surface area contributed by atoms with E-state index >= 15 is 0 Å². The number of benzene rings is 1. The lowest BCUT2D eigenvalue weighted by atomic mass is 10.1. The second kappa shape index (κ2) is 6.42. The zero-order valence-corrected chi connectivity index (χ0v) is 13.2.